The van der Waals surface area contributed by atoms with E-state index in [9.17, 15) is 4.79 Å². The first-order chi connectivity index (χ1) is 7.81. The van der Waals surface area contributed by atoms with Gasteiger partial charge in [-0.1, -0.05) is 18.2 Å². The Labute approximate surface area is 93.6 Å². The summed E-state index contributed by atoms with van der Waals surface area (Å²) < 4.78 is 4.86. The SMILES string of the molecule is CCOC(=O)/C=C1\NC=Nc2ccccc21. The van der Waals surface area contributed by atoms with Gasteiger partial charge in [0.05, 0.1) is 24.3 Å². The van der Waals surface area contributed by atoms with E-state index in [2.05, 4.69) is 10.3 Å². The summed E-state index contributed by atoms with van der Waals surface area (Å²) in [7, 11) is 0. The van der Waals surface area contributed by atoms with Crippen LogP contribution in [0.1, 0.15) is 12.5 Å². The third kappa shape index (κ3) is 2.11. The zero-order valence-corrected chi connectivity index (χ0v) is 8.93. The molecule has 0 radical (unpaired) electrons. The van der Waals surface area contributed by atoms with E-state index in [0.717, 1.165) is 11.3 Å². The summed E-state index contributed by atoms with van der Waals surface area (Å²) in [5, 5.41) is 2.93. The zero-order chi connectivity index (χ0) is 11.4. The van der Waals surface area contributed by atoms with Crippen molar-refractivity contribution in [2.75, 3.05) is 6.61 Å². The minimum Gasteiger partial charge on any atom is -0.463 e. The van der Waals surface area contributed by atoms with Crippen molar-refractivity contribution in [2.24, 2.45) is 4.99 Å². The molecule has 1 aliphatic rings. The summed E-state index contributed by atoms with van der Waals surface area (Å²) >= 11 is 0. The molecular weight excluding hydrogens is 204 g/mol. The number of para-hydroxylation sites is 1. The maximum Gasteiger partial charge on any atom is 0.332 e. The lowest BCUT2D eigenvalue weighted by molar-refractivity contribution is -0.137. The van der Waals surface area contributed by atoms with Crippen LogP contribution in [-0.4, -0.2) is 18.9 Å². The van der Waals surface area contributed by atoms with Crippen LogP contribution < -0.4 is 5.32 Å². The first-order valence-corrected chi connectivity index (χ1v) is 5.08. The average Bonchev–Trinajstić information content (AvgIpc) is 2.30. The molecule has 1 aromatic carbocycles. The normalized spacial score (nSPS) is 15.4. The van der Waals surface area contributed by atoms with Crippen molar-refractivity contribution in [2.45, 2.75) is 6.92 Å². The number of fused-ring (bicyclic) bond motifs is 1. The molecular formula is C12H12N2O2. The van der Waals surface area contributed by atoms with Crippen LogP contribution in [0.2, 0.25) is 0 Å². The van der Waals surface area contributed by atoms with Gasteiger partial charge in [0.15, 0.2) is 0 Å². The Hall–Kier alpha value is -2.10. The van der Waals surface area contributed by atoms with Gasteiger partial charge in [-0.15, -0.1) is 0 Å². The van der Waals surface area contributed by atoms with E-state index in [0.29, 0.717) is 12.3 Å². The number of benzene rings is 1. The number of hydrogen-bond donors (Lipinski definition) is 1. The van der Waals surface area contributed by atoms with Gasteiger partial charge in [-0.25, -0.2) is 9.79 Å². The molecule has 1 aromatic rings. The van der Waals surface area contributed by atoms with Gasteiger partial charge < -0.3 is 10.1 Å². The fourth-order valence-corrected chi connectivity index (χ4v) is 1.48. The first kappa shape index (κ1) is 10.4. The van der Waals surface area contributed by atoms with Crippen molar-refractivity contribution in [3.05, 3.63) is 35.9 Å². The van der Waals surface area contributed by atoms with E-state index < -0.39 is 0 Å². The van der Waals surface area contributed by atoms with Gasteiger partial charge in [0, 0.05) is 11.6 Å². The highest BCUT2D eigenvalue weighted by molar-refractivity contribution is 5.97. The van der Waals surface area contributed by atoms with Gasteiger partial charge in [-0.2, -0.15) is 0 Å². The lowest BCUT2D eigenvalue weighted by Crippen LogP contribution is -2.15. The molecule has 4 nitrogen and oxygen atoms in total. The Bertz CT molecular complexity index is 464. The number of rotatable bonds is 2. The minimum atomic E-state index is -0.352. The maximum absolute atomic E-state index is 11.3. The Kier molecular flexibility index (Phi) is 3.00. The minimum absolute atomic E-state index is 0.352. The number of esters is 1. The average molecular weight is 216 g/mol. The highest BCUT2D eigenvalue weighted by Crippen LogP contribution is 2.26. The Morgan fingerprint density at radius 3 is 3.12 bits per heavy atom. The lowest BCUT2D eigenvalue weighted by atomic mass is 10.1. The molecule has 1 N–H and O–H groups in total. The number of aliphatic imine (C=N–C) groups is 1. The van der Waals surface area contributed by atoms with E-state index >= 15 is 0 Å². The highest BCUT2D eigenvalue weighted by Gasteiger charge is 2.11. The third-order valence-corrected chi connectivity index (χ3v) is 2.17. The molecule has 0 amide bonds. The van der Waals surface area contributed by atoms with Crippen LogP contribution in [0.5, 0.6) is 0 Å². The van der Waals surface area contributed by atoms with Gasteiger partial charge in [-0.3, -0.25) is 0 Å². The van der Waals surface area contributed by atoms with Crippen LogP contribution in [0.25, 0.3) is 5.70 Å². The molecule has 1 heterocycles. The smallest absolute Gasteiger partial charge is 0.332 e. The molecule has 0 aromatic heterocycles. The van der Waals surface area contributed by atoms with E-state index in [-0.39, 0.29) is 5.97 Å². The Morgan fingerprint density at radius 1 is 1.50 bits per heavy atom. The number of ether oxygens (including phenoxy) is 1. The second-order valence-electron chi connectivity index (χ2n) is 3.23. The molecule has 0 aliphatic carbocycles. The summed E-state index contributed by atoms with van der Waals surface area (Å²) in [6, 6.07) is 7.61. The second kappa shape index (κ2) is 4.61. The fourth-order valence-electron chi connectivity index (χ4n) is 1.48. The van der Waals surface area contributed by atoms with E-state index in [1.807, 2.05) is 24.3 Å². The summed E-state index contributed by atoms with van der Waals surface area (Å²) in [6.07, 6.45) is 3.00. The standard InChI is InChI=1S/C12H12N2O2/c1-2-16-12(15)7-11-9-5-3-4-6-10(9)13-8-14-11/h3-8H,2H2,1H3,(H,13,14)/b11-7-. The van der Waals surface area contributed by atoms with Crippen LogP contribution in [0, 0.1) is 0 Å². The molecule has 0 bridgehead atoms. The van der Waals surface area contributed by atoms with Crippen molar-refractivity contribution in [1.82, 2.24) is 5.32 Å². The molecule has 16 heavy (non-hydrogen) atoms. The summed E-state index contributed by atoms with van der Waals surface area (Å²) in [5.41, 5.74) is 2.46. The van der Waals surface area contributed by atoms with Crippen molar-refractivity contribution < 1.29 is 9.53 Å². The predicted octanol–water partition coefficient (Wildman–Crippen LogP) is 1.85. The fraction of sp³-hybridized carbons (Fsp3) is 0.167. The van der Waals surface area contributed by atoms with Gasteiger partial charge in [0.1, 0.15) is 0 Å². The Morgan fingerprint density at radius 2 is 2.31 bits per heavy atom. The zero-order valence-electron chi connectivity index (χ0n) is 8.93. The van der Waals surface area contributed by atoms with E-state index in [1.54, 1.807) is 13.3 Å². The van der Waals surface area contributed by atoms with Crippen LogP contribution in [0.3, 0.4) is 0 Å². The van der Waals surface area contributed by atoms with E-state index in [1.165, 1.54) is 6.08 Å². The van der Waals surface area contributed by atoms with Crippen molar-refractivity contribution in [3.8, 4) is 0 Å². The van der Waals surface area contributed by atoms with Gasteiger partial charge >= 0.3 is 5.97 Å². The largest absolute Gasteiger partial charge is 0.463 e. The van der Waals surface area contributed by atoms with Crippen LogP contribution >= 0.6 is 0 Å². The number of carbonyl (C=O) groups is 1. The van der Waals surface area contributed by atoms with Crippen LogP contribution in [-0.2, 0) is 9.53 Å². The molecule has 0 unspecified atom stereocenters. The molecule has 82 valence electrons. The molecule has 4 heteroatoms. The quantitative estimate of drug-likeness (QED) is 0.606. The molecule has 0 saturated carbocycles. The molecule has 0 atom stereocenters. The van der Waals surface area contributed by atoms with Gasteiger partial charge in [0.2, 0.25) is 0 Å². The second-order valence-corrected chi connectivity index (χ2v) is 3.23. The monoisotopic (exact) mass is 216 g/mol. The van der Waals surface area contributed by atoms with Gasteiger partial charge in [-0.05, 0) is 13.0 Å². The number of nitrogens with one attached hydrogen (secondary N) is 1. The summed E-state index contributed by atoms with van der Waals surface area (Å²) in [6.45, 7) is 2.15. The predicted molar refractivity (Wildman–Crippen MR) is 62.3 cm³/mol. The number of hydrogen-bond acceptors (Lipinski definition) is 4. The molecule has 0 saturated heterocycles. The summed E-state index contributed by atoms with van der Waals surface area (Å²) in [5.74, 6) is -0.352. The van der Waals surface area contributed by atoms with Crippen LogP contribution in [0.4, 0.5) is 5.69 Å². The van der Waals surface area contributed by atoms with Crippen LogP contribution in [0.15, 0.2) is 35.3 Å². The lowest BCUT2D eigenvalue weighted by Gasteiger charge is -2.14. The van der Waals surface area contributed by atoms with Crippen molar-refractivity contribution >= 4 is 23.7 Å². The van der Waals surface area contributed by atoms with Gasteiger partial charge in [0.25, 0.3) is 0 Å². The third-order valence-electron chi connectivity index (χ3n) is 2.17. The number of carbonyl (C=O) groups excluding carboxylic acids is 1. The molecule has 2 rings (SSSR count). The van der Waals surface area contributed by atoms with E-state index in [4.69, 9.17) is 4.74 Å². The molecule has 0 fully saturated rings. The molecule has 1 aliphatic heterocycles. The molecule has 0 spiro atoms. The first-order valence-electron chi connectivity index (χ1n) is 5.08. The maximum atomic E-state index is 11.3. The van der Waals surface area contributed by atoms with Crippen molar-refractivity contribution in [3.63, 3.8) is 0 Å². The summed E-state index contributed by atoms with van der Waals surface area (Å²) in [4.78, 5) is 15.5. The topological polar surface area (TPSA) is 50.7 Å². The Balaban J connectivity index is 2.31. The van der Waals surface area contributed by atoms with Crippen molar-refractivity contribution in [1.29, 1.82) is 0 Å². The number of nitrogens with zero attached hydrogens (tertiary/aromatic N) is 1. The highest BCUT2D eigenvalue weighted by atomic mass is 16.5.